The molecule has 2 fully saturated rings. The Morgan fingerprint density at radius 3 is 2.63 bits per heavy atom. The summed E-state index contributed by atoms with van der Waals surface area (Å²) >= 11 is 0. The lowest BCUT2D eigenvalue weighted by atomic mass is 10.1. The minimum atomic E-state index is -3.14. The van der Waals surface area contributed by atoms with Gasteiger partial charge in [0.2, 0.25) is 10.0 Å². The van der Waals surface area contributed by atoms with E-state index in [1.807, 2.05) is 0 Å². The van der Waals surface area contributed by atoms with Gasteiger partial charge in [-0.25, -0.2) is 21.5 Å². The van der Waals surface area contributed by atoms with Crippen LogP contribution in [-0.4, -0.2) is 49.1 Å². The van der Waals surface area contributed by atoms with Crippen LogP contribution in [0.3, 0.4) is 0 Å². The molecule has 27 heavy (non-hydrogen) atoms. The highest BCUT2D eigenvalue weighted by Gasteiger charge is 2.40. The predicted molar refractivity (Wildman–Crippen MR) is 97.5 cm³/mol. The fourth-order valence-electron chi connectivity index (χ4n) is 3.46. The second-order valence-electron chi connectivity index (χ2n) is 7.14. The highest BCUT2D eigenvalue weighted by atomic mass is 32.2. The molecular formula is C19H22F2N2O3S. The van der Waals surface area contributed by atoms with E-state index < -0.39 is 21.7 Å². The highest BCUT2D eigenvalue weighted by Crippen LogP contribution is 2.31. The molecule has 1 saturated heterocycles. The van der Waals surface area contributed by atoms with E-state index in [0.717, 1.165) is 31.9 Å². The van der Waals surface area contributed by atoms with Gasteiger partial charge in [0, 0.05) is 19.6 Å². The zero-order valence-electron chi connectivity index (χ0n) is 14.9. The Hall–Kier alpha value is -1.77. The summed E-state index contributed by atoms with van der Waals surface area (Å²) in [5.74, 6) is -0.897. The SMILES string of the molecule is O=S(=O)(C1CC1)N1CCCN(Cc2ccc(-c3cccc(F)c3F)o2)CC1. The van der Waals surface area contributed by atoms with E-state index in [9.17, 15) is 17.2 Å². The van der Waals surface area contributed by atoms with Gasteiger partial charge in [-0.2, -0.15) is 0 Å². The quantitative estimate of drug-likeness (QED) is 0.779. The summed E-state index contributed by atoms with van der Waals surface area (Å²) in [5, 5.41) is -0.183. The first-order valence-electron chi connectivity index (χ1n) is 9.19. The van der Waals surface area contributed by atoms with Crippen molar-refractivity contribution in [1.29, 1.82) is 0 Å². The zero-order chi connectivity index (χ0) is 19.0. The third kappa shape index (κ3) is 3.93. The van der Waals surface area contributed by atoms with Crippen molar-refractivity contribution in [2.24, 2.45) is 0 Å². The molecule has 1 aliphatic carbocycles. The maximum absolute atomic E-state index is 13.9. The van der Waals surface area contributed by atoms with Crippen LogP contribution in [0.2, 0.25) is 0 Å². The third-order valence-corrected chi connectivity index (χ3v) is 7.51. The Morgan fingerprint density at radius 2 is 1.85 bits per heavy atom. The third-order valence-electron chi connectivity index (χ3n) is 5.11. The Morgan fingerprint density at radius 1 is 1.04 bits per heavy atom. The van der Waals surface area contributed by atoms with Crippen LogP contribution in [0.5, 0.6) is 0 Å². The largest absolute Gasteiger partial charge is 0.460 e. The maximum Gasteiger partial charge on any atom is 0.217 e. The van der Waals surface area contributed by atoms with E-state index in [0.29, 0.717) is 31.9 Å². The van der Waals surface area contributed by atoms with Crippen molar-refractivity contribution in [3.05, 3.63) is 47.7 Å². The van der Waals surface area contributed by atoms with E-state index in [4.69, 9.17) is 4.42 Å². The molecule has 0 unspecified atom stereocenters. The summed E-state index contributed by atoms with van der Waals surface area (Å²) < 4.78 is 59.5. The van der Waals surface area contributed by atoms with Gasteiger partial charge in [0.05, 0.1) is 17.4 Å². The molecule has 8 heteroatoms. The summed E-state index contributed by atoms with van der Waals surface area (Å²) in [6.07, 6.45) is 2.31. The van der Waals surface area contributed by atoms with E-state index in [1.165, 1.54) is 12.1 Å². The first kappa shape index (κ1) is 18.6. The summed E-state index contributed by atoms with van der Waals surface area (Å²) in [6.45, 7) is 2.92. The van der Waals surface area contributed by atoms with Crippen molar-refractivity contribution in [1.82, 2.24) is 9.21 Å². The van der Waals surface area contributed by atoms with Gasteiger partial charge in [-0.05, 0) is 50.1 Å². The van der Waals surface area contributed by atoms with Crippen molar-refractivity contribution < 1.29 is 21.6 Å². The zero-order valence-corrected chi connectivity index (χ0v) is 15.7. The summed E-state index contributed by atoms with van der Waals surface area (Å²) in [6, 6.07) is 7.38. The number of rotatable bonds is 5. The number of halogens is 2. The van der Waals surface area contributed by atoms with E-state index >= 15 is 0 Å². The molecule has 2 aromatic rings. The number of hydrogen-bond acceptors (Lipinski definition) is 4. The van der Waals surface area contributed by atoms with Crippen LogP contribution in [0.1, 0.15) is 25.0 Å². The topological polar surface area (TPSA) is 53.8 Å². The molecule has 1 saturated carbocycles. The molecule has 0 bridgehead atoms. The second-order valence-corrected chi connectivity index (χ2v) is 9.35. The smallest absolute Gasteiger partial charge is 0.217 e. The molecular weight excluding hydrogens is 374 g/mol. The van der Waals surface area contributed by atoms with Crippen molar-refractivity contribution >= 4 is 10.0 Å². The van der Waals surface area contributed by atoms with Gasteiger partial charge in [-0.3, -0.25) is 4.90 Å². The fourth-order valence-corrected chi connectivity index (χ4v) is 5.33. The number of nitrogens with zero attached hydrogens (tertiary/aromatic N) is 2. The Bertz CT molecular complexity index is 925. The Kier molecular flexibility index (Phi) is 5.05. The van der Waals surface area contributed by atoms with E-state index in [1.54, 1.807) is 16.4 Å². The summed E-state index contributed by atoms with van der Waals surface area (Å²) in [7, 11) is -3.14. The number of furan rings is 1. The first-order chi connectivity index (χ1) is 12.9. The molecule has 0 radical (unpaired) electrons. The lowest BCUT2D eigenvalue weighted by Crippen LogP contribution is -2.37. The van der Waals surface area contributed by atoms with E-state index in [-0.39, 0.29) is 16.6 Å². The van der Waals surface area contributed by atoms with E-state index in [2.05, 4.69) is 4.90 Å². The van der Waals surface area contributed by atoms with Crippen LogP contribution in [0.4, 0.5) is 8.78 Å². The van der Waals surface area contributed by atoms with Gasteiger partial charge < -0.3 is 4.42 Å². The molecule has 0 atom stereocenters. The lowest BCUT2D eigenvalue weighted by Gasteiger charge is -2.21. The van der Waals surface area contributed by atoms with Crippen LogP contribution < -0.4 is 0 Å². The van der Waals surface area contributed by atoms with Gasteiger partial charge in [0.15, 0.2) is 11.6 Å². The molecule has 2 aliphatic rings. The van der Waals surface area contributed by atoms with Crippen LogP contribution in [-0.2, 0) is 16.6 Å². The summed E-state index contributed by atoms with van der Waals surface area (Å²) in [5.41, 5.74) is 0.0961. The Balaban J connectivity index is 1.41. The van der Waals surface area contributed by atoms with Crippen molar-refractivity contribution in [2.75, 3.05) is 26.2 Å². The molecule has 1 aromatic heterocycles. The second kappa shape index (κ2) is 7.33. The number of benzene rings is 1. The van der Waals surface area contributed by atoms with Crippen LogP contribution in [0.25, 0.3) is 11.3 Å². The van der Waals surface area contributed by atoms with Crippen LogP contribution in [0.15, 0.2) is 34.7 Å². The Labute approximate surface area is 157 Å². The molecule has 0 amide bonds. The standard InChI is InChI=1S/C19H22F2N2O3S/c20-17-4-1-3-16(19(17)21)18-8-5-14(26-18)13-22-9-2-10-23(12-11-22)27(24,25)15-6-7-15/h1,3-5,8,15H,2,6-7,9-13H2. The molecule has 0 spiro atoms. The number of hydrogen-bond donors (Lipinski definition) is 0. The fraction of sp³-hybridized carbons (Fsp3) is 0.474. The predicted octanol–water partition coefficient (Wildman–Crippen LogP) is 3.22. The van der Waals surface area contributed by atoms with Crippen LogP contribution in [0, 0.1) is 11.6 Å². The molecule has 1 aliphatic heterocycles. The van der Waals surface area contributed by atoms with Crippen molar-refractivity contribution in [3.63, 3.8) is 0 Å². The molecule has 1 aromatic carbocycles. The van der Waals surface area contributed by atoms with Gasteiger partial charge in [-0.1, -0.05) is 6.07 Å². The average Bonchev–Trinajstić information content (AvgIpc) is 3.43. The monoisotopic (exact) mass is 396 g/mol. The molecule has 0 N–H and O–H groups in total. The number of sulfonamides is 1. The molecule has 5 nitrogen and oxygen atoms in total. The average molecular weight is 396 g/mol. The van der Waals surface area contributed by atoms with Crippen molar-refractivity contribution in [3.8, 4) is 11.3 Å². The normalized spacial score (nSPS) is 19.9. The summed E-state index contributed by atoms with van der Waals surface area (Å²) in [4.78, 5) is 2.13. The lowest BCUT2D eigenvalue weighted by molar-refractivity contribution is 0.256. The van der Waals surface area contributed by atoms with Gasteiger partial charge in [0.1, 0.15) is 11.5 Å². The maximum atomic E-state index is 13.9. The molecule has 4 rings (SSSR count). The van der Waals surface area contributed by atoms with Gasteiger partial charge >= 0.3 is 0 Å². The highest BCUT2D eigenvalue weighted by molar-refractivity contribution is 7.90. The molecule has 146 valence electrons. The van der Waals surface area contributed by atoms with Gasteiger partial charge in [-0.15, -0.1) is 0 Å². The van der Waals surface area contributed by atoms with Crippen molar-refractivity contribution in [2.45, 2.75) is 31.1 Å². The minimum Gasteiger partial charge on any atom is -0.460 e. The van der Waals surface area contributed by atoms with Crippen LogP contribution >= 0.6 is 0 Å². The minimum absolute atomic E-state index is 0.0961. The molecule has 2 heterocycles. The first-order valence-corrected chi connectivity index (χ1v) is 10.7. The van der Waals surface area contributed by atoms with Gasteiger partial charge in [0.25, 0.3) is 0 Å².